The molecule has 0 spiro atoms. The highest BCUT2D eigenvalue weighted by atomic mass is 32.2. The molecule has 0 saturated carbocycles. The molecule has 2 rings (SSSR count). The Bertz CT molecular complexity index is 594. The highest BCUT2D eigenvalue weighted by Crippen LogP contribution is 2.33. The number of aliphatic hydroxyl groups is 1. The van der Waals surface area contributed by atoms with Gasteiger partial charge < -0.3 is 10.4 Å². The number of hydrogen-bond donors (Lipinski definition) is 2. The molecule has 0 aliphatic carbocycles. The van der Waals surface area contributed by atoms with Crippen LogP contribution < -0.4 is 5.32 Å². The van der Waals surface area contributed by atoms with E-state index < -0.39 is 6.10 Å². The van der Waals surface area contributed by atoms with Crippen molar-refractivity contribution in [3.05, 3.63) is 54.1 Å². The van der Waals surface area contributed by atoms with Crippen LogP contribution in [0.1, 0.15) is 25.5 Å². The van der Waals surface area contributed by atoms with E-state index in [2.05, 4.69) is 5.32 Å². The molecule has 20 heavy (non-hydrogen) atoms. The zero-order chi connectivity index (χ0) is 14.5. The van der Waals surface area contributed by atoms with Crippen molar-refractivity contribution in [2.75, 3.05) is 5.32 Å². The third kappa shape index (κ3) is 3.85. The first-order chi connectivity index (χ1) is 9.56. The van der Waals surface area contributed by atoms with Crippen molar-refractivity contribution in [2.45, 2.75) is 29.7 Å². The van der Waals surface area contributed by atoms with Gasteiger partial charge in [0, 0.05) is 22.4 Å². The van der Waals surface area contributed by atoms with Crippen LogP contribution in [-0.2, 0) is 4.79 Å². The van der Waals surface area contributed by atoms with Gasteiger partial charge in [0.05, 0.1) is 6.10 Å². The summed E-state index contributed by atoms with van der Waals surface area (Å²) in [7, 11) is 0. The van der Waals surface area contributed by atoms with Crippen LogP contribution in [0, 0.1) is 0 Å². The predicted octanol–water partition coefficient (Wildman–Crippen LogP) is 3.85. The first-order valence-corrected chi connectivity index (χ1v) is 7.20. The van der Waals surface area contributed by atoms with Crippen molar-refractivity contribution in [3.8, 4) is 0 Å². The predicted molar refractivity (Wildman–Crippen MR) is 81.9 cm³/mol. The summed E-state index contributed by atoms with van der Waals surface area (Å²) in [4.78, 5) is 13.1. The third-order valence-electron chi connectivity index (χ3n) is 2.77. The maximum absolute atomic E-state index is 11.0. The second-order valence-corrected chi connectivity index (χ2v) is 5.64. The van der Waals surface area contributed by atoms with Crippen molar-refractivity contribution in [1.29, 1.82) is 0 Å². The first kappa shape index (κ1) is 14.6. The van der Waals surface area contributed by atoms with Crippen molar-refractivity contribution in [2.24, 2.45) is 0 Å². The van der Waals surface area contributed by atoms with E-state index in [0.717, 1.165) is 21.0 Å². The standard InChI is InChI=1S/C16H17NO2S/c1-11(18)15-5-3-4-6-16(15)20-14-9-7-13(8-10-14)17-12(2)19/h3-11,18H,1-2H3,(H,17,19)/t11-/m1/s1. The van der Waals surface area contributed by atoms with Crippen LogP contribution in [0.2, 0.25) is 0 Å². The molecule has 2 aromatic carbocycles. The Labute approximate surface area is 123 Å². The molecule has 0 radical (unpaired) electrons. The average Bonchev–Trinajstić information content (AvgIpc) is 2.41. The van der Waals surface area contributed by atoms with Crippen molar-refractivity contribution in [1.82, 2.24) is 0 Å². The number of nitrogens with one attached hydrogen (secondary N) is 1. The van der Waals surface area contributed by atoms with Gasteiger partial charge in [0.25, 0.3) is 0 Å². The molecule has 2 aromatic rings. The summed E-state index contributed by atoms with van der Waals surface area (Å²) < 4.78 is 0. The van der Waals surface area contributed by atoms with E-state index in [1.165, 1.54) is 6.92 Å². The molecule has 0 fully saturated rings. The quantitative estimate of drug-likeness (QED) is 0.898. The van der Waals surface area contributed by atoms with E-state index in [1.54, 1.807) is 18.7 Å². The van der Waals surface area contributed by atoms with Gasteiger partial charge in [-0.05, 0) is 42.8 Å². The van der Waals surface area contributed by atoms with Gasteiger partial charge in [0.2, 0.25) is 5.91 Å². The van der Waals surface area contributed by atoms with Gasteiger partial charge in [-0.25, -0.2) is 0 Å². The fourth-order valence-electron chi connectivity index (χ4n) is 1.86. The summed E-state index contributed by atoms with van der Waals surface area (Å²) in [5.41, 5.74) is 1.70. The topological polar surface area (TPSA) is 49.3 Å². The molecule has 1 atom stereocenters. The van der Waals surface area contributed by atoms with Crippen LogP contribution in [0.15, 0.2) is 58.3 Å². The van der Waals surface area contributed by atoms with E-state index in [9.17, 15) is 9.90 Å². The molecular formula is C16H17NO2S. The van der Waals surface area contributed by atoms with Crippen LogP contribution in [-0.4, -0.2) is 11.0 Å². The fraction of sp³-hybridized carbons (Fsp3) is 0.188. The molecule has 0 heterocycles. The van der Waals surface area contributed by atoms with E-state index in [4.69, 9.17) is 0 Å². The SMILES string of the molecule is CC(=O)Nc1ccc(Sc2ccccc2[C@@H](C)O)cc1. The summed E-state index contributed by atoms with van der Waals surface area (Å²) in [5, 5.41) is 12.5. The monoisotopic (exact) mass is 287 g/mol. The van der Waals surface area contributed by atoms with Crippen LogP contribution >= 0.6 is 11.8 Å². The molecular weight excluding hydrogens is 270 g/mol. The van der Waals surface area contributed by atoms with Gasteiger partial charge in [0.1, 0.15) is 0 Å². The van der Waals surface area contributed by atoms with Gasteiger partial charge in [-0.3, -0.25) is 4.79 Å². The molecule has 2 N–H and O–H groups in total. The zero-order valence-corrected chi connectivity index (χ0v) is 12.3. The largest absolute Gasteiger partial charge is 0.389 e. The van der Waals surface area contributed by atoms with E-state index in [1.807, 2.05) is 48.5 Å². The summed E-state index contributed by atoms with van der Waals surface area (Å²) in [6.07, 6.45) is -0.489. The second kappa shape index (κ2) is 6.59. The molecule has 0 aliphatic heterocycles. The van der Waals surface area contributed by atoms with E-state index in [0.29, 0.717) is 0 Å². The molecule has 0 unspecified atom stereocenters. The summed E-state index contributed by atoms with van der Waals surface area (Å²) in [5.74, 6) is -0.0788. The number of rotatable bonds is 4. The van der Waals surface area contributed by atoms with E-state index >= 15 is 0 Å². The Kier molecular flexibility index (Phi) is 4.82. The number of carbonyl (C=O) groups is 1. The van der Waals surface area contributed by atoms with Gasteiger partial charge in [-0.2, -0.15) is 0 Å². The van der Waals surface area contributed by atoms with Crippen molar-refractivity contribution in [3.63, 3.8) is 0 Å². The zero-order valence-electron chi connectivity index (χ0n) is 11.5. The summed E-state index contributed by atoms with van der Waals surface area (Å²) in [6, 6.07) is 15.5. The molecule has 0 bridgehead atoms. The molecule has 3 nitrogen and oxygen atoms in total. The lowest BCUT2D eigenvalue weighted by Crippen LogP contribution is -2.05. The Morgan fingerprint density at radius 1 is 1.15 bits per heavy atom. The van der Waals surface area contributed by atoms with Gasteiger partial charge in [-0.1, -0.05) is 30.0 Å². The Balaban J connectivity index is 2.16. The van der Waals surface area contributed by atoms with Crippen LogP contribution in [0.3, 0.4) is 0 Å². The van der Waals surface area contributed by atoms with Crippen molar-refractivity contribution >= 4 is 23.4 Å². The molecule has 1 amide bonds. The Hall–Kier alpha value is -1.78. The van der Waals surface area contributed by atoms with Crippen LogP contribution in [0.4, 0.5) is 5.69 Å². The number of benzene rings is 2. The Morgan fingerprint density at radius 2 is 1.80 bits per heavy atom. The minimum absolute atomic E-state index is 0.0788. The fourth-order valence-corrected chi connectivity index (χ4v) is 2.88. The number of hydrogen-bond acceptors (Lipinski definition) is 3. The summed E-state index contributed by atoms with van der Waals surface area (Å²) >= 11 is 1.60. The minimum Gasteiger partial charge on any atom is -0.389 e. The molecule has 0 saturated heterocycles. The van der Waals surface area contributed by atoms with E-state index in [-0.39, 0.29) is 5.91 Å². The average molecular weight is 287 g/mol. The highest BCUT2D eigenvalue weighted by Gasteiger charge is 2.08. The lowest BCUT2D eigenvalue weighted by Gasteiger charge is -2.11. The minimum atomic E-state index is -0.489. The number of anilines is 1. The van der Waals surface area contributed by atoms with Crippen LogP contribution in [0.25, 0.3) is 0 Å². The maximum atomic E-state index is 11.0. The maximum Gasteiger partial charge on any atom is 0.221 e. The molecule has 0 aromatic heterocycles. The molecule has 104 valence electrons. The van der Waals surface area contributed by atoms with Crippen LogP contribution in [0.5, 0.6) is 0 Å². The smallest absolute Gasteiger partial charge is 0.221 e. The number of amides is 1. The van der Waals surface area contributed by atoms with Crippen molar-refractivity contribution < 1.29 is 9.90 Å². The molecule has 4 heteroatoms. The Morgan fingerprint density at radius 3 is 2.40 bits per heavy atom. The molecule has 0 aliphatic rings. The highest BCUT2D eigenvalue weighted by molar-refractivity contribution is 7.99. The lowest BCUT2D eigenvalue weighted by molar-refractivity contribution is -0.114. The lowest BCUT2D eigenvalue weighted by atomic mass is 10.1. The summed E-state index contributed by atoms with van der Waals surface area (Å²) in [6.45, 7) is 3.25. The van der Waals surface area contributed by atoms with Gasteiger partial charge >= 0.3 is 0 Å². The number of aliphatic hydroxyl groups excluding tert-OH is 1. The number of carbonyl (C=O) groups excluding carboxylic acids is 1. The van der Waals surface area contributed by atoms with Gasteiger partial charge in [0.15, 0.2) is 0 Å². The second-order valence-electron chi connectivity index (χ2n) is 4.52. The normalized spacial score (nSPS) is 11.9. The van der Waals surface area contributed by atoms with Gasteiger partial charge in [-0.15, -0.1) is 0 Å². The first-order valence-electron chi connectivity index (χ1n) is 6.39. The third-order valence-corrected chi connectivity index (χ3v) is 3.87.